The number of anilines is 3. The first kappa shape index (κ1) is 44.9. The van der Waals surface area contributed by atoms with Crippen LogP contribution in [0.2, 0.25) is 0 Å². The van der Waals surface area contributed by atoms with Crippen molar-refractivity contribution < 1.29 is 9.15 Å². The van der Waals surface area contributed by atoms with Crippen molar-refractivity contribution in [3.63, 3.8) is 0 Å². The zero-order valence-corrected chi connectivity index (χ0v) is 44.3. The molecule has 0 atom stereocenters. The van der Waals surface area contributed by atoms with Gasteiger partial charge in [-0.3, -0.25) is 0 Å². The molecule has 0 radical (unpaired) electrons. The first-order valence-corrected chi connectivity index (χ1v) is 29.7. The minimum atomic E-state index is -3.04. The maximum Gasteiger partial charge on any atom is 0.188 e. The predicted molar refractivity (Wildman–Crippen MR) is 312 cm³/mol. The van der Waals surface area contributed by atoms with Gasteiger partial charge in [0.15, 0.2) is 16.1 Å². The highest BCUT2D eigenvalue weighted by Crippen LogP contribution is 2.48. The van der Waals surface area contributed by atoms with E-state index in [1.807, 2.05) is 0 Å². The second-order valence-electron chi connectivity index (χ2n) is 22.0. The fraction of sp³-hybridized carbons (Fsp3) is 0.118. The van der Waals surface area contributed by atoms with Crippen molar-refractivity contribution >= 4 is 96.6 Å². The Balaban J connectivity index is 1.15. The number of hydrogen-bond acceptors (Lipinski definition) is 3. The van der Waals surface area contributed by atoms with Crippen LogP contribution in [0.4, 0.5) is 17.1 Å². The van der Waals surface area contributed by atoms with Crippen LogP contribution in [0, 0.1) is 0 Å². The van der Waals surface area contributed by atoms with Crippen molar-refractivity contribution in [2.75, 3.05) is 4.90 Å². The standard InChI is InChI=1S/C68H57NO2Si2/c1-67(2,3)46-38-40-57-63(42-46)73(51-28-15-9-16-29-51,52-30-17-10-18-31-52)64-43-47(68(4,5)6)39-41-58(64)69(57)48-44-55-53-32-19-20-34-59(53)70-65(55)56(45-48)54-33-23-37-62-66(54)71-60-35-21-22-36-61(60)72(62,49-24-11-7-12-25-49)50-26-13-8-14-27-50/h7-45H,1-6H3. The van der Waals surface area contributed by atoms with Crippen molar-refractivity contribution in [2.24, 2.45) is 0 Å². The molecule has 0 fully saturated rings. The Labute approximate surface area is 431 Å². The predicted octanol–water partition coefficient (Wildman–Crippen LogP) is 12.5. The van der Waals surface area contributed by atoms with Crippen LogP contribution in [0.5, 0.6) is 11.5 Å². The average Bonchev–Trinajstić information content (AvgIpc) is 3.80. The second kappa shape index (κ2) is 16.8. The van der Waals surface area contributed by atoms with Gasteiger partial charge in [0.2, 0.25) is 0 Å². The Kier molecular flexibility index (Phi) is 10.3. The fourth-order valence-electron chi connectivity index (χ4n) is 12.3. The van der Waals surface area contributed by atoms with Gasteiger partial charge in [-0.15, -0.1) is 0 Å². The molecule has 73 heavy (non-hydrogen) atoms. The van der Waals surface area contributed by atoms with Crippen LogP contribution in [-0.2, 0) is 10.8 Å². The molecule has 11 aromatic rings. The maximum atomic E-state index is 7.38. The van der Waals surface area contributed by atoms with Crippen LogP contribution >= 0.6 is 0 Å². The van der Waals surface area contributed by atoms with Gasteiger partial charge in [0.05, 0.1) is 0 Å². The Bertz CT molecular complexity index is 3760. The highest BCUT2D eigenvalue weighted by molar-refractivity contribution is 7.22. The summed E-state index contributed by atoms with van der Waals surface area (Å²) in [6.07, 6.45) is 0. The number of ether oxygens (including phenoxy) is 1. The minimum Gasteiger partial charge on any atom is -0.457 e. The SMILES string of the molecule is CC(C)(C)c1ccc2c(c1)[Si](c1ccccc1)(c1ccccc1)c1cc(C(C)(C)C)ccc1N2c1cc(-c2cccc3c2Oc2ccccc2[Si]3(c2ccccc2)c2ccccc2)c2oc3ccccc3c2c1. The molecule has 0 unspecified atom stereocenters. The van der Waals surface area contributed by atoms with E-state index in [9.17, 15) is 0 Å². The van der Waals surface area contributed by atoms with Gasteiger partial charge in [-0.05, 0) is 99.8 Å². The van der Waals surface area contributed by atoms with Gasteiger partial charge in [0.25, 0.3) is 0 Å². The molecule has 0 amide bonds. The van der Waals surface area contributed by atoms with Crippen molar-refractivity contribution in [1.82, 2.24) is 0 Å². The van der Waals surface area contributed by atoms with E-state index in [4.69, 9.17) is 9.15 Å². The van der Waals surface area contributed by atoms with E-state index in [1.54, 1.807) is 0 Å². The highest BCUT2D eigenvalue weighted by Gasteiger charge is 2.51. The van der Waals surface area contributed by atoms with E-state index in [0.717, 1.165) is 50.3 Å². The third-order valence-electron chi connectivity index (χ3n) is 15.8. The third-order valence-corrected chi connectivity index (χ3v) is 25.4. The van der Waals surface area contributed by atoms with Crippen LogP contribution in [-0.4, -0.2) is 16.1 Å². The number of benzene rings is 10. The van der Waals surface area contributed by atoms with Gasteiger partial charge in [-0.25, -0.2) is 0 Å². The van der Waals surface area contributed by atoms with Crippen LogP contribution < -0.4 is 51.1 Å². The lowest BCUT2D eigenvalue weighted by molar-refractivity contribution is 0.489. The molecule has 0 N–H and O–H groups in total. The Morgan fingerprint density at radius 1 is 0.370 bits per heavy atom. The quantitative estimate of drug-likeness (QED) is 0.155. The second-order valence-corrected chi connectivity index (χ2v) is 29.5. The molecule has 0 saturated carbocycles. The summed E-state index contributed by atoms with van der Waals surface area (Å²) < 4.78 is 14.5. The van der Waals surface area contributed by atoms with E-state index in [0.29, 0.717) is 0 Å². The van der Waals surface area contributed by atoms with Crippen molar-refractivity contribution in [3.05, 3.63) is 248 Å². The summed E-state index contributed by atoms with van der Waals surface area (Å²) in [6.45, 7) is 14.0. The van der Waals surface area contributed by atoms with Gasteiger partial charge in [-0.2, -0.15) is 0 Å². The fourth-order valence-corrected chi connectivity index (χ4v) is 22.4. The molecule has 0 bridgehead atoms. The van der Waals surface area contributed by atoms with Gasteiger partial charge >= 0.3 is 0 Å². The molecule has 354 valence electrons. The first-order valence-electron chi connectivity index (χ1n) is 25.7. The number of para-hydroxylation sites is 3. The number of furan rings is 1. The Morgan fingerprint density at radius 3 is 1.37 bits per heavy atom. The zero-order valence-electron chi connectivity index (χ0n) is 42.3. The molecule has 13 rings (SSSR count). The molecular weight excluding hydrogens is 919 g/mol. The monoisotopic (exact) mass is 975 g/mol. The number of nitrogens with zero attached hydrogens (tertiary/aromatic N) is 1. The molecule has 1 aromatic heterocycles. The van der Waals surface area contributed by atoms with Gasteiger partial charge < -0.3 is 14.1 Å². The molecule has 10 aromatic carbocycles. The molecule has 3 heterocycles. The summed E-state index contributed by atoms with van der Waals surface area (Å²) in [7, 11) is -6.01. The molecular formula is C68H57NO2Si2. The van der Waals surface area contributed by atoms with E-state index in [-0.39, 0.29) is 10.8 Å². The number of hydrogen-bond donors (Lipinski definition) is 0. The van der Waals surface area contributed by atoms with E-state index in [2.05, 4.69) is 283 Å². The maximum absolute atomic E-state index is 7.38. The van der Waals surface area contributed by atoms with Crippen molar-refractivity contribution in [2.45, 2.75) is 52.4 Å². The van der Waals surface area contributed by atoms with Crippen LogP contribution in [0.1, 0.15) is 52.7 Å². The summed E-state index contributed by atoms with van der Waals surface area (Å²) in [5.74, 6) is 1.77. The van der Waals surface area contributed by atoms with Gasteiger partial charge in [0.1, 0.15) is 22.7 Å². The smallest absolute Gasteiger partial charge is 0.188 e. The summed E-state index contributed by atoms with van der Waals surface area (Å²) >= 11 is 0. The van der Waals surface area contributed by atoms with E-state index >= 15 is 0 Å². The average molecular weight is 976 g/mol. The number of fused-ring (bicyclic) bond motifs is 7. The largest absolute Gasteiger partial charge is 0.457 e. The lowest BCUT2D eigenvalue weighted by atomic mass is 9.86. The summed E-state index contributed by atoms with van der Waals surface area (Å²) in [5, 5.41) is 12.7. The summed E-state index contributed by atoms with van der Waals surface area (Å²) in [6, 6.07) is 88.7. The Morgan fingerprint density at radius 2 is 0.836 bits per heavy atom. The summed E-state index contributed by atoms with van der Waals surface area (Å²) in [4.78, 5) is 2.57. The normalized spacial score (nSPS) is 14.5. The molecule has 3 nitrogen and oxygen atoms in total. The van der Waals surface area contributed by atoms with Crippen molar-refractivity contribution in [3.8, 4) is 22.6 Å². The third kappa shape index (κ3) is 6.82. The number of rotatable bonds is 6. The van der Waals surface area contributed by atoms with Crippen LogP contribution in [0.25, 0.3) is 33.1 Å². The lowest BCUT2D eigenvalue weighted by Crippen LogP contribution is -2.77. The first-order chi connectivity index (χ1) is 35.5. The molecule has 0 aliphatic carbocycles. The van der Waals surface area contributed by atoms with E-state index < -0.39 is 16.1 Å². The van der Waals surface area contributed by atoms with Gasteiger partial charge in [0, 0.05) is 39.0 Å². The molecule has 2 aliphatic heterocycles. The van der Waals surface area contributed by atoms with Crippen LogP contribution in [0.15, 0.2) is 241 Å². The van der Waals surface area contributed by atoms with Crippen LogP contribution in [0.3, 0.4) is 0 Å². The topological polar surface area (TPSA) is 25.6 Å². The minimum absolute atomic E-state index is 0.0915. The van der Waals surface area contributed by atoms with Gasteiger partial charge in [-0.1, -0.05) is 242 Å². The zero-order chi connectivity index (χ0) is 49.7. The summed E-state index contributed by atoms with van der Waals surface area (Å²) in [5.41, 5.74) is 9.60. The Hall–Kier alpha value is -7.97. The highest BCUT2D eigenvalue weighted by atomic mass is 28.3. The van der Waals surface area contributed by atoms with E-state index in [1.165, 1.54) is 64.0 Å². The lowest BCUT2D eigenvalue weighted by Gasteiger charge is -2.46. The molecule has 0 spiro atoms. The molecule has 0 saturated heterocycles. The van der Waals surface area contributed by atoms with Crippen molar-refractivity contribution in [1.29, 1.82) is 0 Å². The molecule has 2 aliphatic rings. The molecule has 5 heteroatoms.